The standard InChI is InChI=1S/C16H21N3OS/c1-13-17-15(9-21-13)7-18-4-3-16(10-18)11-19(12-16)6-14-2-5-20-8-14/h2,5,8-9H,3-4,6-7,10-12H2,1H3. The first kappa shape index (κ1) is 13.5. The first-order chi connectivity index (χ1) is 10.2. The van der Waals surface area contributed by atoms with E-state index in [0.717, 1.165) is 13.1 Å². The fourth-order valence-electron chi connectivity index (χ4n) is 3.79. The Kier molecular flexibility index (Phi) is 3.36. The first-order valence-electron chi connectivity index (χ1n) is 7.58. The second kappa shape index (κ2) is 5.23. The van der Waals surface area contributed by atoms with Crippen LogP contribution >= 0.6 is 11.3 Å². The number of hydrogen-bond acceptors (Lipinski definition) is 5. The number of furan rings is 1. The molecule has 0 bridgehead atoms. The predicted octanol–water partition coefficient (Wildman–Crippen LogP) is 2.75. The van der Waals surface area contributed by atoms with Crippen LogP contribution in [0.3, 0.4) is 0 Å². The third kappa shape index (κ3) is 2.78. The van der Waals surface area contributed by atoms with Gasteiger partial charge in [0.1, 0.15) is 0 Å². The molecule has 4 heterocycles. The highest BCUT2D eigenvalue weighted by molar-refractivity contribution is 7.09. The Morgan fingerprint density at radius 3 is 2.86 bits per heavy atom. The van der Waals surface area contributed by atoms with E-state index >= 15 is 0 Å². The maximum atomic E-state index is 5.15. The third-order valence-corrected chi connectivity index (χ3v) is 5.50. The highest BCUT2D eigenvalue weighted by Crippen LogP contribution is 2.40. The third-order valence-electron chi connectivity index (χ3n) is 4.67. The Morgan fingerprint density at radius 1 is 1.29 bits per heavy atom. The predicted molar refractivity (Wildman–Crippen MR) is 83.2 cm³/mol. The SMILES string of the molecule is Cc1nc(CN2CCC3(C2)CN(Cc2ccoc2)C3)cs1. The van der Waals surface area contributed by atoms with Gasteiger partial charge >= 0.3 is 0 Å². The Bertz CT molecular complexity index is 601. The average molecular weight is 303 g/mol. The molecular weight excluding hydrogens is 282 g/mol. The van der Waals surface area contributed by atoms with Crippen molar-refractivity contribution in [3.05, 3.63) is 40.2 Å². The van der Waals surface area contributed by atoms with Crippen molar-refractivity contribution in [2.75, 3.05) is 26.2 Å². The topological polar surface area (TPSA) is 32.5 Å². The summed E-state index contributed by atoms with van der Waals surface area (Å²) in [7, 11) is 0. The lowest BCUT2D eigenvalue weighted by atomic mass is 9.79. The normalized spacial score (nSPS) is 22.0. The molecule has 4 rings (SSSR count). The van der Waals surface area contributed by atoms with Crippen molar-refractivity contribution in [3.63, 3.8) is 0 Å². The van der Waals surface area contributed by atoms with Crippen LogP contribution in [0.5, 0.6) is 0 Å². The Balaban J connectivity index is 1.29. The van der Waals surface area contributed by atoms with E-state index in [2.05, 4.69) is 33.2 Å². The maximum Gasteiger partial charge on any atom is 0.0947 e. The first-order valence-corrected chi connectivity index (χ1v) is 8.46. The zero-order chi connectivity index (χ0) is 14.3. The van der Waals surface area contributed by atoms with Crippen molar-refractivity contribution >= 4 is 11.3 Å². The monoisotopic (exact) mass is 303 g/mol. The van der Waals surface area contributed by atoms with Crippen LogP contribution < -0.4 is 0 Å². The van der Waals surface area contributed by atoms with Gasteiger partial charge in [-0.1, -0.05) is 0 Å². The quantitative estimate of drug-likeness (QED) is 0.869. The summed E-state index contributed by atoms with van der Waals surface area (Å²) in [6, 6.07) is 2.07. The van der Waals surface area contributed by atoms with Crippen molar-refractivity contribution in [2.45, 2.75) is 26.4 Å². The fraction of sp³-hybridized carbons (Fsp3) is 0.562. The smallest absolute Gasteiger partial charge is 0.0947 e. The number of likely N-dealkylation sites (tertiary alicyclic amines) is 2. The molecule has 2 aliphatic rings. The van der Waals surface area contributed by atoms with Gasteiger partial charge in [0, 0.05) is 49.1 Å². The molecule has 0 atom stereocenters. The van der Waals surface area contributed by atoms with E-state index in [1.165, 1.54) is 48.9 Å². The lowest BCUT2D eigenvalue weighted by Crippen LogP contribution is -2.56. The van der Waals surface area contributed by atoms with Gasteiger partial charge in [0.15, 0.2) is 0 Å². The molecule has 4 nitrogen and oxygen atoms in total. The summed E-state index contributed by atoms with van der Waals surface area (Å²) >= 11 is 1.76. The lowest BCUT2D eigenvalue weighted by Gasteiger charge is -2.48. The molecule has 0 N–H and O–H groups in total. The number of rotatable bonds is 4. The van der Waals surface area contributed by atoms with Crippen LogP contribution in [0, 0.1) is 12.3 Å². The van der Waals surface area contributed by atoms with Gasteiger partial charge in [-0.25, -0.2) is 4.98 Å². The minimum Gasteiger partial charge on any atom is -0.472 e. The Morgan fingerprint density at radius 2 is 2.14 bits per heavy atom. The highest BCUT2D eigenvalue weighted by atomic mass is 32.1. The van der Waals surface area contributed by atoms with Crippen LogP contribution in [0.1, 0.15) is 22.7 Å². The summed E-state index contributed by atoms with van der Waals surface area (Å²) in [5.41, 5.74) is 3.07. The van der Waals surface area contributed by atoms with Crippen molar-refractivity contribution in [1.82, 2.24) is 14.8 Å². The van der Waals surface area contributed by atoms with Gasteiger partial charge < -0.3 is 4.42 Å². The molecule has 5 heteroatoms. The number of aromatic nitrogens is 1. The van der Waals surface area contributed by atoms with Crippen LogP contribution in [0.4, 0.5) is 0 Å². The van der Waals surface area contributed by atoms with Gasteiger partial charge in [0.2, 0.25) is 0 Å². The summed E-state index contributed by atoms with van der Waals surface area (Å²) in [6.45, 7) is 9.04. The number of nitrogens with zero attached hydrogens (tertiary/aromatic N) is 3. The van der Waals surface area contributed by atoms with Gasteiger partial charge in [-0.05, 0) is 26.0 Å². The highest BCUT2D eigenvalue weighted by Gasteiger charge is 2.47. The molecule has 0 aromatic carbocycles. The van der Waals surface area contributed by atoms with E-state index in [0.29, 0.717) is 5.41 Å². The molecule has 2 aromatic heterocycles. The van der Waals surface area contributed by atoms with Crippen molar-refractivity contribution in [3.8, 4) is 0 Å². The largest absolute Gasteiger partial charge is 0.472 e. The Labute approximate surface area is 129 Å². The minimum absolute atomic E-state index is 0.537. The minimum atomic E-state index is 0.537. The van der Waals surface area contributed by atoms with E-state index in [9.17, 15) is 0 Å². The van der Waals surface area contributed by atoms with Crippen molar-refractivity contribution in [1.29, 1.82) is 0 Å². The molecule has 0 aliphatic carbocycles. The molecule has 1 spiro atoms. The van der Waals surface area contributed by atoms with Crippen LogP contribution in [0.15, 0.2) is 28.4 Å². The molecule has 2 aromatic rings. The number of hydrogen-bond donors (Lipinski definition) is 0. The number of thiazole rings is 1. The van der Waals surface area contributed by atoms with Crippen LogP contribution in [0.2, 0.25) is 0 Å². The van der Waals surface area contributed by atoms with E-state index in [1.54, 1.807) is 17.6 Å². The van der Waals surface area contributed by atoms with Gasteiger partial charge in [0.05, 0.1) is 23.2 Å². The van der Waals surface area contributed by atoms with Gasteiger partial charge in [0.25, 0.3) is 0 Å². The summed E-state index contributed by atoms with van der Waals surface area (Å²) in [6.07, 6.45) is 4.95. The molecule has 112 valence electrons. The van der Waals surface area contributed by atoms with Gasteiger partial charge in [-0.3, -0.25) is 9.80 Å². The molecule has 2 saturated heterocycles. The fourth-order valence-corrected chi connectivity index (χ4v) is 4.39. The van der Waals surface area contributed by atoms with Crippen molar-refractivity contribution < 1.29 is 4.42 Å². The zero-order valence-electron chi connectivity index (χ0n) is 12.4. The summed E-state index contributed by atoms with van der Waals surface area (Å²) < 4.78 is 5.15. The lowest BCUT2D eigenvalue weighted by molar-refractivity contribution is 0.00143. The molecule has 21 heavy (non-hydrogen) atoms. The average Bonchev–Trinajstić information content (AvgIpc) is 3.12. The summed E-state index contributed by atoms with van der Waals surface area (Å²) in [4.78, 5) is 9.69. The summed E-state index contributed by atoms with van der Waals surface area (Å²) in [5, 5.41) is 3.38. The van der Waals surface area contributed by atoms with Gasteiger partial charge in [-0.2, -0.15) is 0 Å². The molecule has 0 saturated carbocycles. The second-order valence-electron chi connectivity index (χ2n) is 6.60. The molecular formula is C16H21N3OS. The zero-order valence-corrected chi connectivity index (χ0v) is 13.2. The van der Waals surface area contributed by atoms with E-state index in [4.69, 9.17) is 4.42 Å². The number of aryl methyl sites for hydroxylation is 1. The van der Waals surface area contributed by atoms with E-state index in [1.807, 2.05) is 6.26 Å². The van der Waals surface area contributed by atoms with Crippen LogP contribution in [-0.4, -0.2) is 41.0 Å². The van der Waals surface area contributed by atoms with Crippen LogP contribution in [-0.2, 0) is 13.1 Å². The molecule has 2 fully saturated rings. The van der Waals surface area contributed by atoms with Gasteiger partial charge in [-0.15, -0.1) is 11.3 Å². The van der Waals surface area contributed by atoms with E-state index < -0.39 is 0 Å². The van der Waals surface area contributed by atoms with Crippen molar-refractivity contribution in [2.24, 2.45) is 5.41 Å². The maximum absolute atomic E-state index is 5.15. The molecule has 0 radical (unpaired) electrons. The Hall–Kier alpha value is -1.17. The van der Waals surface area contributed by atoms with Crippen LogP contribution in [0.25, 0.3) is 0 Å². The summed E-state index contributed by atoms with van der Waals surface area (Å²) in [5.74, 6) is 0. The molecule has 0 amide bonds. The van der Waals surface area contributed by atoms with E-state index in [-0.39, 0.29) is 0 Å². The molecule has 0 unspecified atom stereocenters. The molecule has 2 aliphatic heterocycles. The second-order valence-corrected chi connectivity index (χ2v) is 7.66.